The van der Waals surface area contributed by atoms with Crippen LogP contribution in [0.15, 0.2) is 72.8 Å². The summed E-state index contributed by atoms with van der Waals surface area (Å²) in [7, 11) is 1.64. The van der Waals surface area contributed by atoms with Crippen LogP contribution in [0, 0.1) is 0 Å². The number of hydrogen-bond acceptors (Lipinski definition) is 7. The summed E-state index contributed by atoms with van der Waals surface area (Å²) in [5.74, 6) is 1.58. The van der Waals surface area contributed by atoms with E-state index in [1.165, 1.54) is 6.33 Å². The van der Waals surface area contributed by atoms with Crippen LogP contribution in [-0.2, 0) is 4.79 Å². The van der Waals surface area contributed by atoms with Crippen molar-refractivity contribution >= 4 is 23.0 Å². The van der Waals surface area contributed by atoms with Crippen LogP contribution in [0.1, 0.15) is 23.9 Å². The van der Waals surface area contributed by atoms with E-state index in [2.05, 4.69) is 36.5 Å². The molecule has 0 saturated carbocycles. The van der Waals surface area contributed by atoms with Crippen molar-refractivity contribution in [3.05, 3.63) is 89.2 Å². The van der Waals surface area contributed by atoms with Gasteiger partial charge < -0.3 is 14.6 Å². The lowest BCUT2D eigenvalue weighted by Crippen LogP contribution is -2.26. The maximum atomic E-state index is 13.1. The Morgan fingerprint density at radius 1 is 1.17 bits per heavy atom. The van der Waals surface area contributed by atoms with E-state index in [0.29, 0.717) is 23.7 Å². The molecule has 2 aromatic carbocycles. The standard InChI is InChI=1S/C25H20ClN7O2/c1-35-24-5-3-2-4-17(24)19-13-27-25(29-19)22-12-23(34)21-10-15(8-9-32(21)22)18-11-16(26)6-7-20(18)33-14-28-30-31-33/h2-8,10-11,13-14,22H,9,12H2,1H3,(H,27,29)/t22-/m0/s1. The number of fused-ring (bicyclic) bond motifs is 1. The van der Waals surface area contributed by atoms with E-state index >= 15 is 0 Å². The number of nitrogens with one attached hydrogen (secondary N) is 1. The van der Waals surface area contributed by atoms with Gasteiger partial charge in [-0.1, -0.05) is 29.8 Å². The van der Waals surface area contributed by atoms with Gasteiger partial charge in [-0.25, -0.2) is 4.98 Å². The van der Waals surface area contributed by atoms with Crippen LogP contribution in [0.2, 0.25) is 5.02 Å². The van der Waals surface area contributed by atoms with Crippen LogP contribution >= 0.6 is 11.6 Å². The van der Waals surface area contributed by atoms with Gasteiger partial charge in [0.15, 0.2) is 5.78 Å². The van der Waals surface area contributed by atoms with E-state index in [0.717, 1.165) is 39.7 Å². The Kier molecular flexibility index (Phi) is 5.18. The van der Waals surface area contributed by atoms with Crippen molar-refractivity contribution in [3.63, 3.8) is 0 Å². The summed E-state index contributed by atoms with van der Waals surface area (Å²) < 4.78 is 7.07. The van der Waals surface area contributed by atoms with Gasteiger partial charge in [0.05, 0.1) is 36.4 Å². The average Bonchev–Trinajstić information content (AvgIpc) is 3.65. The van der Waals surface area contributed by atoms with Gasteiger partial charge in [-0.15, -0.1) is 5.10 Å². The molecule has 10 heteroatoms. The van der Waals surface area contributed by atoms with Crippen LogP contribution in [0.4, 0.5) is 0 Å². The van der Waals surface area contributed by atoms with Crippen LogP contribution in [0.25, 0.3) is 22.5 Å². The number of hydrogen-bond donors (Lipinski definition) is 1. The summed E-state index contributed by atoms with van der Waals surface area (Å²) in [5, 5.41) is 12.1. The molecule has 6 rings (SSSR count). The molecule has 0 bridgehead atoms. The number of rotatable bonds is 5. The normalized spacial score (nSPS) is 17.3. The predicted molar refractivity (Wildman–Crippen MR) is 130 cm³/mol. The number of aromatic amines is 1. The molecule has 0 radical (unpaired) electrons. The molecular formula is C25H20ClN7O2. The molecule has 2 aliphatic heterocycles. The zero-order valence-corrected chi connectivity index (χ0v) is 19.5. The third-order valence-electron chi connectivity index (χ3n) is 6.32. The largest absolute Gasteiger partial charge is 0.496 e. The number of aromatic nitrogens is 6. The third-order valence-corrected chi connectivity index (χ3v) is 6.56. The van der Waals surface area contributed by atoms with Crippen LogP contribution in [0.5, 0.6) is 5.75 Å². The summed E-state index contributed by atoms with van der Waals surface area (Å²) >= 11 is 6.31. The molecule has 0 spiro atoms. The molecular weight excluding hydrogens is 466 g/mol. The molecule has 1 fully saturated rings. The second kappa shape index (κ2) is 8.52. The molecule has 2 aliphatic rings. The second-order valence-corrected chi connectivity index (χ2v) is 8.72. The van der Waals surface area contributed by atoms with Crippen molar-refractivity contribution in [2.45, 2.75) is 12.5 Å². The van der Waals surface area contributed by atoms with E-state index in [4.69, 9.17) is 16.3 Å². The molecule has 9 nitrogen and oxygen atoms in total. The summed E-state index contributed by atoms with van der Waals surface area (Å²) in [5.41, 5.74) is 4.96. The van der Waals surface area contributed by atoms with E-state index < -0.39 is 0 Å². The van der Waals surface area contributed by atoms with Gasteiger partial charge in [0.2, 0.25) is 0 Å². The van der Waals surface area contributed by atoms with Gasteiger partial charge >= 0.3 is 0 Å². The fourth-order valence-electron chi connectivity index (χ4n) is 4.66. The zero-order valence-electron chi connectivity index (χ0n) is 18.7. The maximum Gasteiger partial charge on any atom is 0.181 e. The van der Waals surface area contributed by atoms with Crippen molar-refractivity contribution < 1.29 is 9.53 Å². The highest BCUT2D eigenvalue weighted by Gasteiger charge is 2.38. The molecule has 1 atom stereocenters. The highest BCUT2D eigenvalue weighted by Crippen LogP contribution is 2.40. The summed E-state index contributed by atoms with van der Waals surface area (Å²) in [6.45, 7) is 0.559. The number of H-pyrrole nitrogens is 1. The summed E-state index contributed by atoms with van der Waals surface area (Å²) in [4.78, 5) is 23.2. The first-order chi connectivity index (χ1) is 17.1. The van der Waals surface area contributed by atoms with E-state index in [1.807, 2.05) is 42.5 Å². The van der Waals surface area contributed by atoms with E-state index in [9.17, 15) is 4.79 Å². The lowest BCUT2D eigenvalue weighted by Gasteiger charge is -2.28. The number of tetrazole rings is 1. The van der Waals surface area contributed by atoms with Gasteiger partial charge in [-0.05, 0) is 52.4 Å². The van der Waals surface area contributed by atoms with Gasteiger partial charge in [-0.2, -0.15) is 4.68 Å². The predicted octanol–water partition coefficient (Wildman–Crippen LogP) is 4.01. The zero-order chi connectivity index (χ0) is 23.9. The van der Waals surface area contributed by atoms with Crippen molar-refractivity contribution in [2.24, 2.45) is 0 Å². The van der Waals surface area contributed by atoms with Crippen LogP contribution < -0.4 is 4.74 Å². The number of carbonyl (C=O) groups excluding carboxylic acids is 1. The highest BCUT2D eigenvalue weighted by atomic mass is 35.5. The molecule has 1 N–H and O–H groups in total. The second-order valence-electron chi connectivity index (χ2n) is 8.28. The van der Waals surface area contributed by atoms with Crippen LogP contribution in [-0.4, -0.2) is 54.5 Å². The van der Waals surface area contributed by atoms with Gasteiger partial charge in [0.25, 0.3) is 0 Å². The van der Waals surface area contributed by atoms with Crippen molar-refractivity contribution in [3.8, 4) is 22.7 Å². The molecule has 0 aliphatic carbocycles. The number of methoxy groups -OCH3 is 1. The lowest BCUT2D eigenvalue weighted by molar-refractivity contribution is -0.114. The molecule has 4 heterocycles. The van der Waals surface area contributed by atoms with Crippen molar-refractivity contribution in [1.29, 1.82) is 0 Å². The maximum absolute atomic E-state index is 13.1. The van der Waals surface area contributed by atoms with E-state index in [1.54, 1.807) is 24.1 Å². The monoisotopic (exact) mass is 485 g/mol. The Bertz CT molecular complexity index is 1490. The number of para-hydroxylation sites is 1. The number of ether oxygens (including phenoxy) is 1. The number of carbonyl (C=O) groups is 1. The van der Waals surface area contributed by atoms with Crippen molar-refractivity contribution in [1.82, 2.24) is 35.1 Å². The first-order valence-electron chi connectivity index (χ1n) is 11.1. The Balaban J connectivity index is 1.32. The fraction of sp³-hybridized carbons (Fsp3) is 0.160. The fourth-order valence-corrected chi connectivity index (χ4v) is 4.84. The van der Waals surface area contributed by atoms with Gasteiger partial charge in [0.1, 0.15) is 17.9 Å². The van der Waals surface area contributed by atoms with Crippen molar-refractivity contribution in [2.75, 3.05) is 13.7 Å². The number of nitrogens with zero attached hydrogens (tertiary/aromatic N) is 6. The number of halogens is 1. The molecule has 0 unspecified atom stereocenters. The first kappa shape index (κ1) is 21.3. The number of ketones is 1. The Hall–Kier alpha value is -4.24. The number of allylic oxidation sites excluding steroid dienone is 3. The smallest absolute Gasteiger partial charge is 0.181 e. The molecule has 4 aromatic rings. The SMILES string of the molecule is COc1ccccc1-c1cnc([C@@H]2CC(=O)C3=CC(c4cc(Cl)ccc4-n4cnnn4)=CCN32)[nH]1. The minimum Gasteiger partial charge on any atom is -0.496 e. The Morgan fingerprint density at radius 2 is 2.06 bits per heavy atom. The topological polar surface area (TPSA) is 102 Å². The number of imidazole rings is 1. The Morgan fingerprint density at radius 3 is 2.89 bits per heavy atom. The Labute approximate surface area is 205 Å². The minimum absolute atomic E-state index is 0.0712. The van der Waals surface area contributed by atoms with E-state index in [-0.39, 0.29) is 11.8 Å². The van der Waals surface area contributed by atoms with Gasteiger partial charge in [0, 0.05) is 29.1 Å². The van der Waals surface area contributed by atoms with Crippen LogP contribution in [0.3, 0.4) is 0 Å². The summed E-state index contributed by atoms with van der Waals surface area (Å²) in [6, 6.07) is 13.1. The highest BCUT2D eigenvalue weighted by molar-refractivity contribution is 6.30. The molecule has 35 heavy (non-hydrogen) atoms. The summed E-state index contributed by atoms with van der Waals surface area (Å²) in [6.07, 6.45) is 7.66. The quantitative estimate of drug-likeness (QED) is 0.455. The molecule has 174 valence electrons. The first-order valence-corrected chi connectivity index (χ1v) is 11.4. The third kappa shape index (κ3) is 3.70. The number of Topliss-reactive ketones (excluding diaryl/α,β-unsaturated/α-hetero) is 1. The number of benzene rings is 2. The molecule has 2 aromatic heterocycles. The molecule has 1 saturated heterocycles. The van der Waals surface area contributed by atoms with Gasteiger partial charge in [-0.3, -0.25) is 4.79 Å². The average molecular weight is 486 g/mol. The minimum atomic E-state index is -0.173. The lowest BCUT2D eigenvalue weighted by atomic mass is 9.99. The molecule has 0 amide bonds.